The van der Waals surface area contributed by atoms with E-state index in [9.17, 15) is 4.79 Å². The van der Waals surface area contributed by atoms with Crippen LogP contribution in [-0.2, 0) is 6.54 Å². The van der Waals surface area contributed by atoms with Crippen LogP contribution in [-0.4, -0.2) is 23.7 Å². The van der Waals surface area contributed by atoms with Crippen LogP contribution in [0.15, 0.2) is 24.3 Å². The standard InChI is InChI=1S/C12H18N2O2/c1-2-11(8-15)14-12(16)10-5-3-9(7-13)4-6-10/h3-6,11,15H,2,7-8,13H2,1H3,(H,14,16)/t11-/m0/s1. The van der Waals surface area contributed by atoms with Gasteiger partial charge in [0, 0.05) is 12.1 Å². The minimum Gasteiger partial charge on any atom is -0.394 e. The van der Waals surface area contributed by atoms with E-state index in [1.165, 1.54) is 0 Å². The Hall–Kier alpha value is -1.39. The van der Waals surface area contributed by atoms with Crippen LogP contribution in [0.1, 0.15) is 29.3 Å². The van der Waals surface area contributed by atoms with E-state index in [0.717, 1.165) is 5.56 Å². The molecule has 0 aliphatic heterocycles. The first-order valence-corrected chi connectivity index (χ1v) is 5.42. The predicted molar refractivity (Wildman–Crippen MR) is 63.0 cm³/mol. The first-order chi connectivity index (χ1) is 7.71. The van der Waals surface area contributed by atoms with E-state index in [1.807, 2.05) is 19.1 Å². The molecule has 1 aromatic rings. The second-order valence-electron chi connectivity index (χ2n) is 3.66. The van der Waals surface area contributed by atoms with Gasteiger partial charge in [0.2, 0.25) is 0 Å². The smallest absolute Gasteiger partial charge is 0.251 e. The van der Waals surface area contributed by atoms with Gasteiger partial charge in [-0.15, -0.1) is 0 Å². The van der Waals surface area contributed by atoms with E-state index < -0.39 is 0 Å². The fourth-order valence-electron chi connectivity index (χ4n) is 1.34. The molecular formula is C12H18N2O2. The molecule has 1 aromatic carbocycles. The highest BCUT2D eigenvalue weighted by molar-refractivity contribution is 5.94. The van der Waals surface area contributed by atoms with Gasteiger partial charge < -0.3 is 16.2 Å². The lowest BCUT2D eigenvalue weighted by molar-refractivity contribution is 0.0915. The minimum absolute atomic E-state index is 0.0386. The van der Waals surface area contributed by atoms with Crippen LogP contribution in [0.25, 0.3) is 0 Å². The number of benzene rings is 1. The molecule has 1 atom stereocenters. The summed E-state index contributed by atoms with van der Waals surface area (Å²) < 4.78 is 0. The third kappa shape index (κ3) is 3.32. The number of nitrogens with two attached hydrogens (primary N) is 1. The van der Waals surface area contributed by atoms with E-state index in [4.69, 9.17) is 10.8 Å². The topological polar surface area (TPSA) is 75.3 Å². The Morgan fingerprint density at radius 2 is 2.06 bits per heavy atom. The van der Waals surface area contributed by atoms with Crippen LogP contribution >= 0.6 is 0 Å². The molecule has 0 aromatic heterocycles. The highest BCUT2D eigenvalue weighted by Gasteiger charge is 2.10. The summed E-state index contributed by atoms with van der Waals surface area (Å²) >= 11 is 0. The third-order valence-electron chi connectivity index (χ3n) is 2.50. The van der Waals surface area contributed by atoms with Crippen molar-refractivity contribution in [3.63, 3.8) is 0 Å². The van der Waals surface area contributed by atoms with Crippen LogP contribution < -0.4 is 11.1 Å². The first-order valence-electron chi connectivity index (χ1n) is 5.42. The molecule has 0 saturated heterocycles. The zero-order valence-electron chi connectivity index (χ0n) is 9.44. The molecule has 0 aliphatic carbocycles. The number of hydrogen-bond acceptors (Lipinski definition) is 3. The molecule has 4 nitrogen and oxygen atoms in total. The molecule has 0 heterocycles. The SMILES string of the molecule is CC[C@@H](CO)NC(=O)c1ccc(CN)cc1. The van der Waals surface area contributed by atoms with E-state index >= 15 is 0 Å². The summed E-state index contributed by atoms with van der Waals surface area (Å²) in [5, 5.41) is 11.7. The number of aliphatic hydroxyl groups excluding tert-OH is 1. The van der Waals surface area contributed by atoms with Crippen molar-refractivity contribution in [1.82, 2.24) is 5.32 Å². The third-order valence-corrected chi connectivity index (χ3v) is 2.50. The summed E-state index contributed by atoms with van der Waals surface area (Å²) in [5.74, 6) is -0.163. The number of carbonyl (C=O) groups excluding carboxylic acids is 1. The summed E-state index contributed by atoms with van der Waals surface area (Å²) in [5.41, 5.74) is 7.04. The van der Waals surface area contributed by atoms with Crippen LogP contribution in [0.4, 0.5) is 0 Å². The molecular weight excluding hydrogens is 204 g/mol. The van der Waals surface area contributed by atoms with Gasteiger partial charge >= 0.3 is 0 Å². The Balaban J connectivity index is 2.65. The lowest BCUT2D eigenvalue weighted by atomic mass is 10.1. The van der Waals surface area contributed by atoms with E-state index in [1.54, 1.807) is 12.1 Å². The average molecular weight is 222 g/mol. The number of amides is 1. The molecule has 4 heteroatoms. The van der Waals surface area contributed by atoms with E-state index in [2.05, 4.69) is 5.32 Å². The molecule has 0 bridgehead atoms. The molecule has 0 radical (unpaired) electrons. The molecule has 1 rings (SSSR count). The predicted octanol–water partition coefficient (Wildman–Crippen LogP) is 0.646. The Labute approximate surface area is 95.5 Å². The number of aliphatic hydroxyl groups is 1. The first kappa shape index (κ1) is 12.7. The molecule has 0 spiro atoms. The highest BCUT2D eigenvalue weighted by atomic mass is 16.3. The second kappa shape index (κ2) is 6.25. The Morgan fingerprint density at radius 3 is 2.50 bits per heavy atom. The molecule has 16 heavy (non-hydrogen) atoms. The fourth-order valence-corrected chi connectivity index (χ4v) is 1.34. The summed E-state index contributed by atoms with van der Waals surface area (Å²) in [6, 6.07) is 6.95. The average Bonchev–Trinajstić information content (AvgIpc) is 2.35. The summed E-state index contributed by atoms with van der Waals surface area (Å²) in [6.45, 7) is 2.35. The zero-order valence-corrected chi connectivity index (χ0v) is 9.44. The van der Waals surface area contributed by atoms with Gasteiger partial charge in [-0.1, -0.05) is 19.1 Å². The summed E-state index contributed by atoms with van der Waals surface area (Å²) in [4.78, 5) is 11.7. The van der Waals surface area contributed by atoms with Crippen LogP contribution in [0.2, 0.25) is 0 Å². The maximum absolute atomic E-state index is 11.7. The maximum atomic E-state index is 11.7. The Kier molecular flexibility index (Phi) is 4.95. The monoisotopic (exact) mass is 222 g/mol. The minimum atomic E-state index is -0.179. The molecule has 0 aliphatic rings. The molecule has 4 N–H and O–H groups in total. The lowest BCUT2D eigenvalue weighted by Crippen LogP contribution is -2.36. The van der Waals surface area contributed by atoms with E-state index in [0.29, 0.717) is 18.5 Å². The quantitative estimate of drug-likeness (QED) is 0.684. The number of rotatable bonds is 5. The molecule has 0 unspecified atom stereocenters. The lowest BCUT2D eigenvalue weighted by Gasteiger charge is -2.13. The molecule has 0 fully saturated rings. The van der Waals surface area contributed by atoms with Gasteiger partial charge in [-0.25, -0.2) is 0 Å². The molecule has 1 amide bonds. The number of carbonyl (C=O) groups is 1. The Bertz CT molecular complexity index is 331. The van der Waals surface area contributed by atoms with Crippen molar-refractivity contribution in [2.75, 3.05) is 6.61 Å². The van der Waals surface area contributed by atoms with Gasteiger partial charge in [0.1, 0.15) is 0 Å². The van der Waals surface area contributed by atoms with Gasteiger partial charge in [-0.05, 0) is 24.1 Å². The van der Waals surface area contributed by atoms with Crippen LogP contribution in [0, 0.1) is 0 Å². The number of hydrogen-bond donors (Lipinski definition) is 3. The normalized spacial score (nSPS) is 12.2. The summed E-state index contributed by atoms with van der Waals surface area (Å²) in [6.07, 6.45) is 0.711. The van der Waals surface area contributed by atoms with Crippen molar-refractivity contribution < 1.29 is 9.90 Å². The summed E-state index contributed by atoms with van der Waals surface area (Å²) in [7, 11) is 0. The Morgan fingerprint density at radius 1 is 1.44 bits per heavy atom. The highest BCUT2D eigenvalue weighted by Crippen LogP contribution is 2.04. The van der Waals surface area contributed by atoms with Crippen molar-refractivity contribution >= 4 is 5.91 Å². The van der Waals surface area contributed by atoms with Gasteiger partial charge in [-0.3, -0.25) is 4.79 Å². The van der Waals surface area contributed by atoms with Crippen LogP contribution in [0.3, 0.4) is 0 Å². The van der Waals surface area contributed by atoms with Crippen molar-refractivity contribution in [3.05, 3.63) is 35.4 Å². The number of nitrogens with one attached hydrogen (secondary N) is 1. The van der Waals surface area contributed by atoms with Crippen molar-refractivity contribution in [1.29, 1.82) is 0 Å². The van der Waals surface area contributed by atoms with E-state index in [-0.39, 0.29) is 18.6 Å². The van der Waals surface area contributed by atoms with Crippen molar-refractivity contribution in [3.8, 4) is 0 Å². The van der Waals surface area contributed by atoms with Gasteiger partial charge in [0.05, 0.1) is 12.6 Å². The fraction of sp³-hybridized carbons (Fsp3) is 0.417. The van der Waals surface area contributed by atoms with Gasteiger partial charge in [0.15, 0.2) is 0 Å². The largest absolute Gasteiger partial charge is 0.394 e. The van der Waals surface area contributed by atoms with Crippen LogP contribution in [0.5, 0.6) is 0 Å². The maximum Gasteiger partial charge on any atom is 0.251 e. The zero-order chi connectivity index (χ0) is 12.0. The second-order valence-corrected chi connectivity index (χ2v) is 3.66. The van der Waals surface area contributed by atoms with Gasteiger partial charge in [-0.2, -0.15) is 0 Å². The van der Waals surface area contributed by atoms with Crippen molar-refractivity contribution in [2.45, 2.75) is 25.9 Å². The van der Waals surface area contributed by atoms with Gasteiger partial charge in [0.25, 0.3) is 5.91 Å². The molecule has 88 valence electrons. The molecule has 0 saturated carbocycles. The van der Waals surface area contributed by atoms with Crippen molar-refractivity contribution in [2.24, 2.45) is 5.73 Å².